The fraction of sp³-hybridized carbons (Fsp3) is 0.333. The standard InChI is InChI=1S/C12H15NO2/c1-9-6-10(2)8-11(7-9)12(15)13(3)4-5-14/h5-8H,4H2,1-3H3. The number of aryl methyl sites for hydroxylation is 2. The van der Waals surface area contributed by atoms with Gasteiger partial charge in [-0.1, -0.05) is 17.2 Å². The molecule has 15 heavy (non-hydrogen) atoms. The first-order valence-corrected chi connectivity index (χ1v) is 4.82. The molecule has 80 valence electrons. The smallest absolute Gasteiger partial charge is 0.254 e. The van der Waals surface area contributed by atoms with Crippen LogP contribution in [0.3, 0.4) is 0 Å². The molecule has 0 radical (unpaired) electrons. The van der Waals surface area contributed by atoms with Gasteiger partial charge >= 0.3 is 0 Å². The molecule has 0 spiro atoms. The molecule has 0 bridgehead atoms. The molecule has 0 aliphatic heterocycles. The number of rotatable bonds is 3. The van der Waals surface area contributed by atoms with Crippen LogP contribution >= 0.6 is 0 Å². The molecule has 0 atom stereocenters. The molecule has 0 saturated carbocycles. The Morgan fingerprint density at radius 3 is 2.27 bits per heavy atom. The first-order chi connectivity index (χ1) is 7.04. The molecule has 1 aromatic carbocycles. The maximum Gasteiger partial charge on any atom is 0.254 e. The highest BCUT2D eigenvalue weighted by atomic mass is 16.2. The molecule has 1 amide bonds. The molecule has 3 heteroatoms. The van der Waals surface area contributed by atoms with E-state index in [1.54, 1.807) is 7.05 Å². The van der Waals surface area contributed by atoms with Gasteiger partial charge in [0.2, 0.25) is 0 Å². The minimum Gasteiger partial charge on any atom is -0.335 e. The zero-order valence-corrected chi connectivity index (χ0v) is 9.28. The summed E-state index contributed by atoms with van der Waals surface area (Å²) in [5.41, 5.74) is 2.74. The topological polar surface area (TPSA) is 37.4 Å². The molecule has 0 unspecified atom stereocenters. The van der Waals surface area contributed by atoms with Crippen LogP contribution in [0.15, 0.2) is 18.2 Å². The largest absolute Gasteiger partial charge is 0.335 e. The monoisotopic (exact) mass is 205 g/mol. The summed E-state index contributed by atoms with van der Waals surface area (Å²) in [7, 11) is 1.62. The van der Waals surface area contributed by atoms with E-state index >= 15 is 0 Å². The number of amides is 1. The lowest BCUT2D eigenvalue weighted by Crippen LogP contribution is -2.28. The van der Waals surface area contributed by atoms with Crippen LogP contribution in [0.5, 0.6) is 0 Å². The number of hydrogen-bond acceptors (Lipinski definition) is 2. The first kappa shape index (κ1) is 11.4. The fourth-order valence-electron chi connectivity index (χ4n) is 1.51. The fourth-order valence-corrected chi connectivity index (χ4v) is 1.51. The van der Waals surface area contributed by atoms with E-state index in [9.17, 15) is 9.59 Å². The third kappa shape index (κ3) is 2.91. The highest BCUT2D eigenvalue weighted by Crippen LogP contribution is 2.10. The van der Waals surface area contributed by atoms with Crippen molar-refractivity contribution in [3.63, 3.8) is 0 Å². The average Bonchev–Trinajstić information content (AvgIpc) is 2.15. The van der Waals surface area contributed by atoms with Crippen LogP contribution in [0.1, 0.15) is 21.5 Å². The van der Waals surface area contributed by atoms with Gasteiger partial charge in [-0.05, 0) is 26.0 Å². The minimum atomic E-state index is -0.117. The molecule has 1 aromatic rings. The summed E-state index contributed by atoms with van der Waals surface area (Å²) in [6.45, 7) is 4.03. The quantitative estimate of drug-likeness (QED) is 0.702. The summed E-state index contributed by atoms with van der Waals surface area (Å²) < 4.78 is 0. The van der Waals surface area contributed by atoms with E-state index < -0.39 is 0 Å². The van der Waals surface area contributed by atoms with E-state index in [0.717, 1.165) is 17.4 Å². The number of carbonyl (C=O) groups excluding carboxylic acids is 2. The van der Waals surface area contributed by atoms with E-state index in [2.05, 4.69) is 0 Å². The van der Waals surface area contributed by atoms with E-state index in [1.807, 2.05) is 32.0 Å². The van der Waals surface area contributed by atoms with E-state index in [0.29, 0.717) is 5.56 Å². The van der Waals surface area contributed by atoms with Crippen molar-refractivity contribution in [1.29, 1.82) is 0 Å². The Balaban J connectivity index is 2.95. The normalized spacial score (nSPS) is 9.80. The van der Waals surface area contributed by atoms with Crippen molar-refractivity contribution in [2.45, 2.75) is 13.8 Å². The molecule has 0 heterocycles. The lowest BCUT2D eigenvalue weighted by atomic mass is 10.1. The average molecular weight is 205 g/mol. The van der Waals surface area contributed by atoms with Crippen molar-refractivity contribution in [3.8, 4) is 0 Å². The number of likely N-dealkylation sites (N-methyl/N-ethyl adjacent to an activating group) is 1. The zero-order valence-electron chi connectivity index (χ0n) is 9.28. The van der Waals surface area contributed by atoms with Gasteiger partial charge in [-0.15, -0.1) is 0 Å². The van der Waals surface area contributed by atoms with E-state index in [4.69, 9.17) is 0 Å². The van der Waals surface area contributed by atoms with Crippen molar-refractivity contribution in [2.24, 2.45) is 0 Å². The third-order valence-corrected chi connectivity index (χ3v) is 2.16. The van der Waals surface area contributed by atoms with E-state index in [-0.39, 0.29) is 12.5 Å². The van der Waals surface area contributed by atoms with Crippen LogP contribution in [-0.2, 0) is 4.79 Å². The molecular formula is C12H15NO2. The van der Waals surface area contributed by atoms with Crippen molar-refractivity contribution < 1.29 is 9.59 Å². The molecule has 0 aliphatic carbocycles. The Morgan fingerprint density at radius 2 is 1.80 bits per heavy atom. The van der Waals surface area contributed by atoms with E-state index in [1.165, 1.54) is 4.90 Å². The molecule has 3 nitrogen and oxygen atoms in total. The number of nitrogens with zero attached hydrogens (tertiary/aromatic N) is 1. The Bertz CT molecular complexity index is 365. The van der Waals surface area contributed by atoms with Gasteiger partial charge in [0, 0.05) is 12.6 Å². The Kier molecular flexibility index (Phi) is 3.61. The molecule has 0 saturated heterocycles. The van der Waals surface area contributed by atoms with Gasteiger partial charge in [-0.2, -0.15) is 0 Å². The highest BCUT2D eigenvalue weighted by molar-refractivity contribution is 5.95. The molecule has 0 aliphatic rings. The van der Waals surface area contributed by atoms with Crippen LogP contribution in [0.25, 0.3) is 0 Å². The highest BCUT2D eigenvalue weighted by Gasteiger charge is 2.11. The maximum atomic E-state index is 11.8. The summed E-state index contributed by atoms with van der Waals surface area (Å²) in [6, 6.07) is 5.67. The van der Waals surface area contributed by atoms with Gasteiger partial charge in [0.05, 0.1) is 6.54 Å². The van der Waals surface area contributed by atoms with Gasteiger partial charge in [0.15, 0.2) is 0 Å². The maximum absolute atomic E-state index is 11.8. The van der Waals surface area contributed by atoms with Gasteiger partial charge in [0.1, 0.15) is 6.29 Å². The summed E-state index contributed by atoms with van der Waals surface area (Å²) >= 11 is 0. The Hall–Kier alpha value is -1.64. The number of aldehydes is 1. The minimum absolute atomic E-state index is 0.117. The molecular weight excluding hydrogens is 190 g/mol. The summed E-state index contributed by atoms with van der Waals surface area (Å²) in [4.78, 5) is 23.5. The van der Waals surface area contributed by atoms with Crippen LogP contribution in [0, 0.1) is 13.8 Å². The lowest BCUT2D eigenvalue weighted by Gasteiger charge is -2.14. The summed E-state index contributed by atoms with van der Waals surface area (Å²) in [5, 5.41) is 0. The van der Waals surface area contributed by atoms with Crippen LogP contribution in [0.4, 0.5) is 0 Å². The van der Waals surface area contributed by atoms with Crippen molar-refractivity contribution in [1.82, 2.24) is 4.90 Å². The summed E-state index contributed by atoms with van der Waals surface area (Å²) in [6.07, 6.45) is 0.723. The Morgan fingerprint density at radius 1 is 1.27 bits per heavy atom. The second-order valence-electron chi connectivity index (χ2n) is 3.73. The van der Waals surface area contributed by atoms with Crippen LogP contribution in [0.2, 0.25) is 0 Å². The molecule has 0 fully saturated rings. The Labute approximate surface area is 89.7 Å². The van der Waals surface area contributed by atoms with Crippen molar-refractivity contribution in [2.75, 3.05) is 13.6 Å². The lowest BCUT2D eigenvalue weighted by molar-refractivity contribution is -0.108. The third-order valence-electron chi connectivity index (χ3n) is 2.16. The predicted molar refractivity (Wildman–Crippen MR) is 58.9 cm³/mol. The predicted octanol–water partition coefficient (Wildman–Crippen LogP) is 1.57. The van der Waals surface area contributed by atoms with Crippen molar-refractivity contribution >= 4 is 12.2 Å². The molecule has 1 rings (SSSR count). The molecule has 0 aromatic heterocycles. The van der Waals surface area contributed by atoms with Crippen molar-refractivity contribution in [3.05, 3.63) is 34.9 Å². The van der Waals surface area contributed by atoms with Gasteiger partial charge in [-0.3, -0.25) is 4.79 Å². The molecule has 0 N–H and O–H groups in total. The SMILES string of the molecule is Cc1cc(C)cc(C(=O)N(C)CC=O)c1. The van der Waals surface area contributed by atoms with Crippen LogP contribution < -0.4 is 0 Å². The second-order valence-corrected chi connectivity index (χ2v) is 3.73. The van der Waals surface area contributed by atoms with Gasteiger partial charge in [-0.25, -0.2) is 0 Å². The van der Waals surface area contributed by atoms with Crippen LogP contribution in [-0.4, -0.2) is 30.7 Å². The number of benzene rings is 1. The van der Waals surface area contributed by atoms with Gasteiger partial charge < -0.3 is 9.69 Å². The van der Waals surface area contributed by atoms with Gasteiger partial charge in [0.25, 0.3) is 5.91 Å². The summed E-state index contributed by atoms with van der Waals surface area (Å²) in [5.74, 6) is -0.117. The second kappa shape index (κ2) is 4.73. The first-order valence-electron chi connectivity index (χ1n) is 4.82. The zero-order chi connectivity index (χ0) is 11.4. The number of hydrogen-bond donors (Lipinski definition) is 0. The number of carbonyl (C=O) groups is 2.